The van der Waals surface area contributed by atoms with E-state index in [-0.39, 0.29) is 124 Å². The number of imidazole rings is 2. The molecule has 47 nitrogen and oxygen atoms in total. The summed E-state index contributed by atoms with van der Waals surface area (Å²) in [6.45, 7) is 31.7. The number of rotatable bonds is 26. The number of benzene rings is 5. The number of nitrogen functional groups attached to an aromatic ring is 5. The number of nitrogens with zero attached hydrogens (tertiary/aromatic N) is 19. The molecule has 0 radical (unpaired) electrons. The van der Waals surface area contributed by atoms with E-state index < -0.39 is 82.6 Å². The summed E-state index contributed by atoms with van der Waals surface area (Å²) in [6.07, 6.45) is 24.4. The quantitative estimate of drug-likeness (QED) is 0.00623. The lowest BCUT2D eigenvalue weighted by atomic mass is 10.1. The highest BCUT2D eigenvalue weighted by molar-refractivity contribution is 7.90. The number of sulfone groups is 1. The van der Waals surface area contributed by atoms with Gasteiger partial charge in [0.1, 0.15) is 11.0 Å². The number of aliphatic hydroxyl groups excluding tert-OH is 1. The van der Waals surface area contributed by atoms with Gasteiger partial charge in [0, 0.05) is 12.9 Å². The van der Waals surface area contributed by atoms with Crippen molar-refractivity contribution in [3.63, 3.8) is 0 Å². The molecule has 7 aromatic heterocycles. The Labute approximate surface area is 864 Å². The standard InChI is InChI=1S/C21H25N5O5.C19H21N5O5.C18H21N5O6S.2C17H17N5O2.C6H15N.C4H8O/c1-4-7-12-31-20-23-18(22)17(26(28)29)19(24-20)25(21(27)30-6-3)14-16-11-8-10-15(13-16)9-5-2;1-2-28-19(25)23-12-14-9-6-8-13(11-14)7-4-3-5-10-29-18-21-16(20)15(24(26)27)17(23)22-18;1-4-7-12-8-6-9-13(10-12)11-22(18(24)29-5-2)16-14(23(25)26)15(19)20-17(21-16)30(3,27)28;2*18-14-13-15-21-16(20-14)24-8-3-1-2-5-11-6-4-7-12(9-11)10-22(15)17(23)19-13;1-4-7(5-2)6-3;1-2-3-4-5/h4-5,8,10-11,13H,1-2,6-7,9,12,14H2,3H3,(H2,22,23,24);3-4,6,8-9,11H,2,5,7,10,12H2,1H3,(H2,20,21,22);4,6,8-10H,1,5,7,11H2,2-3H3,(H2,19,20,21);2*1-2,4,6-7,9H,3,5,8,10H2,(H,19,23)(H2,18,20,21);4-6H2,1-3H3;2,5H,1,3-4H2/b;4-3-;;2-1+;2-1-;;. The summed E-state index contributed by atoms with van der Waals surface area (Å²) in [5.74, 6) is -2.21. The average Bonchev–Trinajstić information content (AvgIpc) is 1.68. The Morgan fingerprint density at radius 2 is 0.860 bits per heavy atom. The third-order valence-corrected chi connectivity index (χ3v) is 22.6. The molecule has 0 unspecified atom stereocenters. The molecule has 3 aliphatic heterocycles. The summed E-state index contributed by atoms with van der Waals surface area (Å²) < 4.78 is 64.2. The zero-order valence-corrected chi connectivity index (χ0v) is 85.3. The minimum absolute atomic E-state index is 0.00706. The van der Waals surface area contributed by atoms with Crippen LogP contribution in [0, 0.1) is 30.3 Å². The van der Waals surface area contributed by atoms with Crippen LogP contribution in [-0.2, 0) is 88.9 Å². The van der Waals surface area contributed by atoms with E-state index >= 15 is 0 Å². The van der Waals surface area contributed by atoms with Crippen molar-refractivity contribution in [1.82, 2.24) is 73.8 Å². The van der Waals surface area contributed by atoms with Gasteiger partial charge in [0.05, 0.1) is 93.7 Å². The third-order valence-electron chi connectivity index (χ3n) is 21.7. The Morgan fingerprint density at radius 1 is 0.473 bits per heavy atom. The highest BCUT2D eigenvalue weighted by Crippen LogP contribution is 2.38. The first-order chi connectivity index (χ1) is 72.1. The second-order valence-electron chi connectivity index (χ2n) is 32.7. The van der Waals surface area contributed by atoms with Crippen molar-refractivity contribution in [2.75, 3.05) is 122 Å². The van der Waals surface area contributed by atoms with Crippen LogP contribution in [-0.4, -0.2) is 199 Å². The van der Waals surface area contributed by atoms with E-state index in [9.17, 15) is 62.7 Å². The Balaban J connectivity index is 0.000000202. The van der Waals surface area contributed by atoms with E-state index in [0.717, 1.165) is 80.0 Å². The predicted molar refractivity (Wildman–Crippen MR) is 570 cm³/mol. The molecule has 0 saturated heterocycles. The first-order valence-corrected chi connectivity index (χ1v) is 49.7. The third kappa shape index (κ3) is 34.0. The van der Waals surface area contributed by atoms with Crippen LogP contribution in [0.2, 0.25) is 0 Å². The van der Waals surface area contributed by atoms with Crippen LogP contribution >= 0.6 is 0 Å². The fourth-order valence-electron chi connectivity index (χ4n) is 14.7. The van der Waals surface area contributed by atoms with Crippen molar-refractivity contribution in [3.05, 3.63) is 315 Å². The van der Waals surface area contributed by atoms with Crippen molar-refractivity contribution in [1.29, 1.82) is 0 Å². The number of anilines is 8. The van der Waals surface area contributed by atoms with Crippen molar-refractivity contribution in [2.24, 2.45) is 0 Å². The molecule has 0 spiro atoms. The normalized spacial score (nSPS) is 13.0. The molecule has 5 aromatic carbocycles. The second kappa shape index (κ2) is 58.4. The van der Waals surface area contributed by atoms with E-state index in [0.29, 0.717) is 98.3 Å². The number of H-pyrrole nitrogens is 2. The average molecular weight is 2080 g/mol. The zero-order chi connectivity index (χ0) is 109. The number of allylic oxidation sites excluding steroid dienone is 5. The van der Waals surface area contributed by atoms with Crippen LogP contribution in [0.4, 0.5) is 78.0 Å². The predicted octanol–water partition coefficient (Wildman–Crippen LogP) is 14.3. The smallest absolute Gasteiger partial charge is 0.415 e. The van der Waals surface area contributed by atoms with Gasteiger partial charge in [-0.15, -0.1) is 26.3 Å². The summed E-state index contributed by atoms with van der Waals surface area (Å²) in [5, 5.41) is 42.2. The lowest BCUT2D eigenvalue weighted by Crippen LogP contribution is -2.33. The van der Waals surface area contributed by atoms with Gasteiger partial charge in [0.2, 0.25) is 44.7 Å². The highest BCUT2D eigenvalue weighted by Gasteiger charge is 2.37. The largest absolute Gasteiger partial charge is 0.463 e. The molecule has 13 N–H and O–H groups in total. The van der Waals surface area contributed by atoms with Crippen LogP contribution in [0.15, 0.2) is 223 Å². The van der Waals surface area contributed by atoms with Crippen LogP contribution < -0.4 is 73.7 Å². The van der Waals surface area contributed by atoms with Gasteiger partial charge < -0.3 is 81.8 Å². The maximum absolute atomic E-state index is 12.7. The number of hydrogen-bond acceptors (Lipinski definition) is 37. The Kier molecular flexibility index (Phi) is 45.1. The zero-order valence-electron chi connectivity index (χ0n) is 84.4. The van der Waals surface area contributed by atoms with E-state index in [2.05, 4.69) is 160 Å². The molecule has 48 heteroatoms. The molecule has 0 saturated carbocycles. The van der Waals surface area contributed by atoms with Crippen LogP contribution in [0.5, 0.6) is 24.0 Å². The number of hydrogen-bond donors (Lipinski definition) is 8. The first kappa shape index (κ1) is 116. The Bertz CT molecular complexity index is 6900. The van der Waals surface area contributed by atoms with Crippen LogP contribution in [0.25, 0.3) is 22.3 Å². The number of nitrogens with two attached hydrogens (primary N) is 5. The maximum atomic E-state index is 12.7. The topological polar surface area (TPSA) is 647 Å². The van der Waals surface area contributed by atoms with Crippen molar-refractivity contribution >= 4 is 114 Å². The minimum Gasteiger partial charge on any atom is -0.463 e. The summed E-state index contributed by atoms with van der Waals surface area (Å²) in [7, 11) is -3.96. The van der Waals surface area contributed by atoms with Gasteiger partial charge in [-0.1, -0.05) is 203 Å². The van der Waals surface area contributed by atoms with Crippen molar-refractivity contribution in [2.45, 2.75) is 144 Å². The molecule has 0 aliphatic carbocycles. The highest BCUT2D eigenvalue weighted by atomic mass is 32.2. The van der Waals surface area contributed by atoms with Gasteiger partial charge in [-0.2, -0.15) is 49.8 Å². The fraction of sp³-hybridized carbons (Fsp3) is 0.324. The molecule has 794 valence electrons. The van der Waals surface area contributed by atoms with Crippen molar-refractivity contribution < 1.29 is 75.8 Å². The lowest BCUT2D eigenvalue weighted by Gasteiger charge is -2.22. The molecule has 0 fully saturated rings. The summed E-state index contributed by atoms with van der Waals surface area (Å²) in [6, 6.07) is 38.4. The van der Waals surface area contributed by atoms with Gasteiger partial charge in [-0.05, 0) is 160 Å². The monoisotopic (exact) mass is 2080 g/mol. The number of nitrogens with one attached hydrogen (secondary N) is 2. The van der Waals surface area contributed by atoms with Gasteiger partial charge in [-0.3, -0.25) is 54.2 Å². The summed E-state index contributed by atoms with van der Waals surface area (Å²) >= 11 is 0. The molecular weight excluding hydrogens is 1960 g/mol. The summed E-state index contributed by atoms with van der Waals surface area (Å²) in [4.78, 5) is 146. The molecule has 15 rings (SSSR count). The SMILES string of the molecule is C=CCCO.C=CCCOc1nc(N)c([N+](=O)[O-])c(N(Cc2cccc(CC=C)c2)C(=O)OCC)n1.C=CCc1cccc(CN(C(=O)OCC)c2nc(S(C)(=O)=O)nc(N)c2[N+](=O)[O-])c1.CCN(CC)CC.CCOC(=O)N1Cc2cccc(c2)C/C=C\CCOc2nc(N)c([N+](=O)[O-])c1n2.Nc1nc2nc3c1[nH]c(=O)n3Cc1cccc(c1)C/C=C/CCO2.Nc1nc2nc3c1[nH]c(=O)n3Cc1cccc(c1)C/C=C\CCO2. The molecular formula is C102H124N26O21S. The number of carbonyl (C=O) groups excluding carboxylic acids is 3. The van der Waals surface area contributed by atoms with Gasteiger partial charge in [0.15, 0.2) is 22.9 Å². The van der Waals surface area contributed by atoms with E-state index in [4.69, 9.17) is 66.9 Å². The molecule has 3 amide bonds. The number of amides is 3. The summed E-state index contributed by atoms with van der Waals surface area (Å²) in [5.41, 5.74) is 37.9. The number of aromatic amines is 2. The maximum Gasteiger partial charge on any atom is 0.415 e. The van der Waals surface area contributed by atoms with Crippen LogP contribution in [0.1, 0.15) is 129 Å². The number of nitro groups is 3. The molecule has 12 bridgehead atoms. The second-order valence-corrected chi connectivity index (χ2v) is 34.6. The first-order valence-electron chi connectivity index (χ1n) is 47.8. The van der Waals surface area contributed by atoms with E-state index in [1.165, 1.54) is 30.8 Å². The molecule has 10 heterocycles. The van der Waals surface area contributed by atoms with Crippen LogP contribution in [0.3, 0.4) is 0 Å². The number of aromatic nitrogens is 14. The fourth-order valence-corrected chi connectivity index (χ4v) is 15.2. The Morgan fingerprint density at radius 3 is 1.25 bits per heavy atom. The van der Waals surface area contributed by atoms with Gasteiger partial charge in [-0.25, -0.2) is 32.4 Å². The molecule has 150 heavy (non-hydrogen) atoms. The molecule has 0 atom stereocenters. The number of carbonyl (C=O) groups is 3. The van der Waals surface area contributed by atoms with Gasteiger partial charge in [0.25, 0.3) is 5.16 Å². The van der Waals surface area contributed by atoms with Crippen molar-refractivity contribution in [3.8, 4) is 24.0 Å². The number of fused-ring (bicyclic) bond motifs is 10. The number of aliphatic hydroxyl groups is 1. The molecule has 3 aliphatic rings. The minimum atomic E-state index is -3.96. The molecule has 12 aromatic rings. The van der Waals surface area contributed by atoms with E-state index in [1.807, 2.05) is 84.9 Å². The van der Waals surface area contributed by atoms with Gasteiger partial charge >= 0.3 is 70.8 Å². The Hall–Kier alpha value is -17.7. The number of ether oxygens (including phenoxy) is 7. The van der Waals surface area contributed by atoms with E-state index in [1.54, 1.807) is 78.5 Å². The lowest BCUT2D eigenvalue weighted by molar-refractivity contribution is -0.383.